The van der Waals surface area contributed by atoms with Crippen LogP contribution in [0.3, 0.4) is 0 Å². The Morgan fingerprint density at radius 3 is 2.47 bits per heavy atom. The molecule has 0 radical (unpaired) electrons. The van der Waals surface area contributed by atoms with Crippen molar-refractivity contribution in [3.8, 4) is 5.69 Å². The van der Waals surface area contributed by atoms with Gasteiger partial charge in [0.05, 0.1) is 11.7 Å². The van der Waals surface area contributed by atoms with Crippen molar-refractivity contribution in [1.29, 1.82) is 0 Å². The summed E-state index contributed by atoms with van der Waals surface area (Å²) in [5, 5.41) is 6.72. The fourth-order valence-electron chi connectivity index (χ4n) is 4.91. The van der Waals surface area contributed by atoms with Crippen molar-refractivity contribution >= 4 is 33.8 Å². The van der Waals surface area contributed by atoms with Gasteiger partial charge >= 0.3 is 0 Å². The largest absolute Gasteiger partial charge is 0.351 e. The van der Waals surface area contributed by atoms with E-state index in [1.54, 1.807) is 0 Å². The van der Waals surface area contributed by atoms with Crippen LogP contribution in [-0.4, -0.2) is 14.7 Å². The highest BCUT2D eigenvalue weighted by atomic mass is 32.1. The normalized spacial score (nSPS) is 17.8. The molecule has 166 valence electrons. The number of anilines is 1. The maximum Gasteiger partial charge on any atom is 0.174 e. The monoisotopic (exact) mass is 460 g/mol. The summed E-state index contributed by atoms with van der Waals surface area (Å²) in [6.45, 7) is 2.11. The summed E-state index contributed by atoms with van der Waals surface area (Å²) in [4.78, 5) is 6.92. The van der Waals surface area contributed by atoms with Gasteiger partial charge in [0, 0.05) is 29.5 Å². The smallest absolute Gasteiger partial charge is 0.174 e. The molecule has 6 rings (SSSR count). The van der Waals surface area contributed by atoms with E-state index in [1.165, 1.54) is 16.3 Å². The molecular weight excluding hydrogens is 436 g/mol. The summed E-state index contributed by atoms with van der Waals surface area (Å²) >= 11 is 5.89. The van der Waals surface area contributed by atoms with Crippen LogP contribution in [-0.2, 0) is 0 Å². The van der Waals surface area contributed by atoms with Gasteiger partial charge in [0.1, 0.15) is 6.04 Å². The Hall–Kier alpha value is -3.96. The highest BCUT2D eigenvalue weighted by Gasteiger charge is 2.42. The Morgan fingerprint density at radius 1 is 0.794 bits per heavy atom. The quantitative estimate of drug-likeness (QED) is 0.310. The third-order valence-corrected chi connectivity index (χ3v) is 6.79. The number of thiocarbonyl (C=S) groups is 1. The second-order valence-corrected chi connectivity index (χ2v) is 9.06. The number of rotatable bonds is 4. The van der Waals surface area contributed by atoms with Crippen LogP contribution in [0.25, 0.3) is 16.5 Å². The predicted octanol–water partition coefficient (Wildman–Crippen LogP) is 6.51. The number of aromatic nitrogens is 2. The van der Waals surface area contributed by atoms with E-state index in [1.807, 2.05) is 18.3 Å². The summed E-state index contributed by atoms with van der Waals surface area (Å²) in [5.74, 6) is 0. The zero-order valence-corrected chi connectivity index (χ0v) is 19.6. The van der Waals surface area contributed by atoms with Crippen molar-refractivity contribution < 1.29 is 0 Å². The fourth-order valence-corrected chi connectivity index (χ4v) is 5.25. The predicted molar refractivity (Wildman–Crippen MR) is 142 cm³/mol. The number of nitrogens with one attached hydrogen (secondary N) is 1. The van der Waals surface area contributed by atoms with Crippen molar-refractivity contribution in [1.82, 2.24) is 14.9 Å². The van der Waals surface area contributed by atoms with E-state index >= 15 is 0 Å². The maximum absolute atomic E-state index is 5.89. The molecule has 34 heavy (non-hydrogen) atoms. The van der Waals surface area contributed by atoms with Crippen LogP contribution in [0.1, 0.15) is 29.0 Å². The van der Waals surface area contributed by atoms with E-state index in [0.717, 1.165) is 22.8 Å². The van der Waals surface area contributed by atoms with Crippen molar-refractivity contribution in [3.63, 3.8) is 0 Å². The van der Waals surface area contributed by atoms with E-state index in [-0.39, 0.29) is 12.1 Å². The Kier molecular flexibility index (Phi) is 5.12. The SMILES string of the molecule is Cc1cccc(N2C(=S)NC(c3ccccn3)C2c2cccn2-c2ccc3ccccc3c2)c1. The van der Waals surface area contributed by atoms with Gasteiger partial charge in [-0.15, -0.1) is 0 Å². The van der Waals surface area contributed by atoms with Crippen LogP contribution < -0.4 is 10.2 Å². The summed E-state index contributed by atoms with van der Waals surface area (Å²) < 4.78 is 2.27. The highest BCUT2D eigenvalue weighted by Crippen LogP contribution is 2.42. The first kappa shape index (κ1) is 20.6. The molecule has 0 amide bonds. The van der Waals surface area contributed by atoms with Crippen molar-refractivity contribution in [2.24, 2.45) is 0 Å². The topological polar surface area (TPSA) is 33.1 Å². The van der Waals surface area contributed by atoms with Crippen molar-refractivity contribution in [3.05, 3.63) is 126 Å². The second kappa shape index (κ2) is 8.43. The van der Waals surface area contributed by atoms with Crippen molar-refractivity contribution in [2.45, 2.75) is 19.0 Å². The van der Waals surface area contributed by atoms with Gasteiger partial charge in [-0.1, -0.05) is 48.5 Å². The number of hydrogen-bond donors (Lipinski definition) is 1. The standard InChI is InChI=1S/C29H24N4S/c1-20-8-6-11-24(18-20)33-28(27(31-29(33)34)25-12-4-5-16-30-25)26-13-7-17-32(26)23-15-14-21-9-2-3-10-22(21)19-23/h2-19,27-28H,1H3,(H,31,34). The van der Waals surface area contributed by atoms with E-state index in [9.17, 15) is 0 Å². The van der Waals surface area contributed by atoms with Crippen molar-refractivity contribution in [2.75, 3.05) is 4.90 Å². The van der Waals surface area contributed by atoms with Crippen LogP contribution >= 0.6 is 12.2 Å². The van der Waals surface area contributed by atoms with Gasteiger partial charge in [-0.3, -0.25) is 4.98 Å². The van der Waals surface area contributed by atoms with Crippen LogP contribution in [0.2, 0.25) is 0 Å². The summed E-state index contributed by atoms with van der Waals surface area (Å²) in [5.41, 5.74) is 5.52. The minimum atomic E-state index is -0.0803. The molecule has 4 nitrogen and oxygen atoms in total. The number of hydrogen-bond acceptors (Lipinski definition) is 2. The molecule has 2 atom stereocenters. The average molecular weight is 461 g/mol. The molecule has 1 aliphatic heterocycles. The molecule has 5 aromatic rings. The van der Waals surface area contributed by atoms with Gasteiger partial charge < -0.3 is 14.8 Å². The Bertz CT molecular complexity index is 1490. The lowest BCUT2D eigenvalue weighted by atomic mass is 10.0. The number of aryl methyl sites for hydroxylation is 1. The van der Waals surface area contributed by atoms with E-state index in [0.29, 0.717) is 5.11 Å². The zero-order chi connectivity index (χ0) is 23.1. The Balaban J connectivity index is 1.52. The van der Waals surface area contributed by atoms with Gasteiger partial charge in [-0.05, 0) is 84.0 Å². The molecule has 1 aliphatic rings. The Morgan fingerprint density at radius 2 is 1.65 bits per heavy atom. The number of fused-ring (bicyclic) bond motifs is 1. The Labute approximate surface area is 204 Å². The zero-order valence-electron chi connectivity index (χ0n) is 18.8. The lowest BCUT2D eigenvalue weighted by Gasteiger charge is -2.29. The molecule has 1 fully saturated rings. The van der Waals surface area contributed by atoms with Gasteiger partial charge in [0.2, 0.25) is 0 Å². The first-order chi connectivity index (χ1) is 16.7. The maximum atomic E-state index is 5.89. The molecule has 0 spiro atoms. The molecule has 0 saturated carbocycles. The lowest BCUT2D eigenvalue weighted by molar-refractivity contribution is 0.549. The molecule has 1 saturated heterocycles. The third-order valence-electron chi connectivity index (χ3n) is 6.47. The summed E-state index contributed by atoms with van der Waals surface area (Å²) in [6, 6.07) is 33.8. The molecule has 0 bridgehead atoms. The lowest BCUT2D eigenvalue weighted by Crippen LogP contribution is -2.30. The molecule has 2 aromatic heterocycles. The number of nitrogens with zero attached hydrogens (tertiary/aromatic N) is 3. The molecular formula is C29H24N4S. The minimum Gasteiger partial charge on any atom is -0.351 e. The fraction of sp³-hybridized carbons (Fsp3) is 0.103. The summed E-state index contributed by atoms with van der Waals surface area (Å²) in [6.07, 6.45) is 3.97. The van der Waals surface area contributed by atoms with Crippen LogP contribution in [0.5, 0.6) is 0 Å². The first-order valence-corrected chi connectivity index (χ1v) is 11.8. The summed E-state index contributed by atoms with van der Waals surface area (Å²) in [7, 11) is 0. The van der Waals surface area contributed by atoms with E-state index in [4.69, 9.17) is 12.2 Å². The molecule has 5 heteroatoms. The van der Waals surface area contributed by atoms with Gasteiger partial charge in [0.25, 0.3) is 0 Å². The van der Waals surface area contributed by atoms with Gasteiger partial charge in [-0.2, -0.15) is 0 Å². The highest BCUT2D eigenvalue weighted by molar-refractivity contribution is 7.80. The third kappa shape index (κ3) is 3.55. The molecule has 0 aliphatic carbocycles. The van der Waals surface area contributed by atoms with E-state index < -0.39 is 0 Å². The van der Waals surface area contributed by atoms with E-state index in [2.05, 4.69) is 118 Å². The molecule has 2 unspecified atom stereocenters. The first-order valence-electron chi connectivity index (χ1n) is 11.4. The van der Waals surface area contributed by atoms with Crippen LogP contribution in [0, 0.1) is 6.92 Å². The average Bonchev–Trinajstić information content (AvgIpc) is 3.48. The molecule has 1 N–H and O–H groups in total. The van der Waals surface area contributed by atoms with Crippen LogP contribution in [0.4, 0.5) is 5.69 Å². The van der Waals surface area contributed by atoms with Crippen LogP contribution in [0.15, 0.2) is 109 Å². The minimum absolute atomic E-state index is 0.0642. The van der Waals surface area contributed by atoms with Gasteiger partial charge in [0.15, 0.2) is 5.11 Å². The second-order valence-electron chi connectivity index (χ2n) is 8.67. The van der Waals surface area contributed by atoms with Gasteiger partial charge in [-0.25, -0.2) is 0 Å². The molecule has 3 aromatic carbocycles. The number of pyridine rings is 1. The number of benzene rings is 3. The molecule has 3 heterocycles.